The smallest absolute Gasteiger partial charge is 0.221 e. The van der Waals surface area contributed by atoms with Crippen LogP contribution in [0.1, 0.15) is 273 Å². The van der Waals surface area contributed by atoms with Gasteiger partial charge in [0.25, 0.3) is 0 Å². The minimum absolute atomic E-state index is 0.180. The van der Waals surface area contributed by atoms with E-state index < -0.39 is 0 Å². The second kappa shape index (κ2) is 46.5. The fourth-order valence-electron chi connectivity index (χ4n) is 7.90. The number of hydrogen-bond donors (Lipinski definition) is 2. The molecule has 0 aliphatic rings. The average Bonchev–Trinajstić information content (AvgIpc) is 3.19. The maximum Gasteiger partial charge on any atom is 0.221 e. The van der Waals surface area contributed by atoms with Gasteiger partial charge < -0.3 is 10.6 Å². The molecule has 0 aliphatic carbocycles. The van der Waals surface area contributed by atoms with Crippen LogP contribution < -0.4 is 10.6 Å². The summed E-state index contributed by atoms with van der Waals surface area (Å²) in [4.78, 5) is 28.5. The normalized spacial score (nSPS) is 12.5. The number of hydrogen-bond acceptors (Lipinski definition) is 4. The van der Waals surface area contributed by atoms with Crippen molar-refractivity contribution in [2.75, 3.05) is 27.2 Å². The first-order chi connectivity index (χ1) is 27.3. The quantitative estimate of drug-likeness (QED) is 0.0477. The Morgan fingerprint density at radius 1 is 0.357 bits per heavy atom. The van der Waals surface area contributed by atoms with E-state index in [-0.39, 0.29) is 24.1 Å². The van der Waals surface area contributed by atoms with Crippen molar-refractivity contribution >= 4 is 11.8 Å². The SMILES string of the molecule is CCCCCCCCCCCCCCCC(=O)NC(CC)N(C)C.CCCCCCCCCCCCCCCCCCCCCC(=O)NC(CC)N(CC)CC. The minimum atomic E-state index is 0.180. The van der Waals surface area contributed by atoms with Gasteiger partial charge in [0.05, 0.1) is 12.3 Å². The van der Waals surface area contributed by atoms with Crippen molar-refractivity contribution in [2.24, 2.45) is 0 Å². The van der Waals surface area contributed by atoms with Crippen LogP contribution in [0.3, 0.4) is 0 Å². The number of unbranched alkanes of at least 4 members (excludes halogenated alkanes) is 30. The van der Waals surface area contributed by atoms with Crippen molar-refractivity contribution in [2.45, 2.75) is 285 Å². The molecule has 0 aromatic rings. The van der Waals surface area contributed by atoms with Crippen molar-refractivity contribution in [3.63, 3.8) is 0 Å². The molecule has 2 unspecified atom stereocenters. The molecule has 0 saturated heterocycles. The van der Waals surface area contributed by atoms with Crippen LogP contribution in [0, 0.1) is 0 Å². The fourth-order valence-corrected chi connectivity index (χ4v) is 7.90. The summed E-state index contributed by atoms with van der Waals surface area (Å²) in [6.07, 6.45) is 47.6. The molecule has 2 N–H and O–H groups in total. The number of carbonyl (C=O) groups excluding carboxylic acids is 2. The number of nitrogens with zero attached hydrogens (tertiary/aromatic N) is 2. The predicted molar refractivity (Wildman–Crippen MR) is 249 cm³/mol. The first kappa shape index (κ1) is 57.0. The van der Waals surface area contributed by atoms with E-state index in [9.17, 15) is 9.59 Å². The third-order valence-electron chi connectivity index (χ3n) is 11.8. The van der Waals surface area contributed by atoms with Gasteiger partial charge in [-0.15, -0.1) is 0 Å². The molecule has 0 aromatic carbocycles. The lowest BCUT2D eigenvalue weighted by Crippen LogP contribution is -2.47. The molecule has 0 aromatic heterocycles. The van der Waals surface area contributed by atoms with Crippen molar-refractivity contribution in [1.82, 2.24) is 20.4 Å². The Morgan fingerprint density at radius 2 is 0.589 bits per heavy atom. The van der Waals surface area contributed by atoms with Crippen LogP contribution >= 0.6 is 0 Å². The maximum absolute atomic E-state index is 12.2. The van der Waals surface area contributed by atoms with E-state index in [4.69, 9.17) is 0 Å². The summed E-state index contributed by atoms with van der Waals surface area (Å²) >= 11 is 0. The Morgan fingerprint density at radius 3 is 0.804 bits per heavy atom. The summed E-state index contributed by atoms with van der Waals surface area (Å²) in [6.45, 7) is 15.1. The molecule has 0 aliphatic heterocycles. The van der Waals surface area contributed by atoms with E-state index in [1.165, 1.54) is 193 Å². The van der Waals surface area contributed by atoms with Gasteiger partial charge in [-0.2, -0.15) is 0 Å². The first-order valence-electron chi connectivity index (χ1n) is 25.3. The van der Waals surface area contributed by atoms with Crippen LogP contribution in [0.2, 0.25) is 0 Å². The minimum Gasteiger partial charge on any atom is -0.341 e. The Balaban J connectivity index is 0. The van der Waals surface area contributed by atoms with E-state index in [1.54, 1.807) is 0 Å². The number of carbonyl (C=O) groups is 2. The molecule has 6 nitrogen and oxygen atoms in total. The van der Waals surface area contributed by atoms with Gasteiger partial charge in [0.1, 0.15) is 0 Å². The predicted octanol–water partition coefficient (Wildman–Crippen LogP) is 14.9. The Hall–Kier alpha value is -1.14. The summed E-state index contributed by atoms with van der Waals surface area (Å²) in [5.74, 6) is 0.439. The van der Waals surface area contributed by atoms with Crippen LogP contribution in [0.25, 0.3) is 0 Å². The lowest BCUT2D eigenvalue weighted by molar-refractivity contribution is -0.124. The van der Waals surface area contributed by atoms with Crippen LogP contribution in [0.15, 0.2) is 0 Å². The Kier molecular flexibility index (Phi) is 47.3. The summed E-state index contributed by atoms with van der Waals surface area (Å²) in [5.41, 5.74) is 0. The van der Waals surface area contributed by atoms with E-state index in [0.29, 0.717) is 12.8 Å². The summed E-state index contributed by atoms with van der Waals surface area (Å²) in [6, 6.07) is 0. The second-order valence-corrected chi connectivity index (χ2v) is 17.3. The zero-order valence-corrected chi connectivity index (χ0v) is 39.7. The Bertz CT molecular complexity index is 787. The highest BCUT2D eigenvalue weighted by molar-refractivity contribution is 5.76. The zero-order chi connectivity index (χ0) is 41.7. The summed E-state index contributed by atoms with van der Waals surface area (Å²) in [5, 5.41) is 6.31. The van der Waals surface area contributed by atoms with E-state index in [0.717, 1.165) is 38.8 Å². The van der Waals surface area contributed by atoms with Gasteiger partial charge in [-0.25, -0.2) is 0 Å². The topological polar surface area (TPSA) is 64.7 Å². The van der Waals surface area contributed by atoms with Gasteiger partial charge in [-0.05, 0) is 52.9 Å². The van der Waals surface area contributed by atoms with Gasteiger partial charge in [0.2, 0.25) is 11.8 Å². The van der Waals surface area contributed by atoms with Gasteiger partial charge in [0, 0.05) is 12.8 Å². The molecule has 0 rings (SSSR count). The van der Waals surface area contributed by atoms with Crippen molar-refractivity contribution in [3.8, 4) is 0 Å². The molecule has 0 saturated carbocycles. The lowest BCUT2D eigenvalue weighted by Gasteiger charge is -2.29. The lowest BCUT2D eigenvalue weighted by atomic mass is 10.0. The fraction of sp³-hybridized carbons (Fsp3) is 0.960. The van der Waals surface area contributed by atoms with Crippen LogP contribution in [0.5, 0.6) is 0 Å². The molecule has 2 amide bonds. The second-order valence-electron chi connectivity index (χ2n) is 17.3. The highest BCUT2D eigenvalue weighted by Crippen LogP contribution is 2.16. The van der Waals surface area contributed by atoms with Crippen LogP contribution in [0.4, 0.5) is 0 Å². The van der Waals surface area contributed by atoms with Crippen molar-refractivity contribution in [1.29, 1.82) is 0 Å². The standard InChI is InChI=1S/C29H60N2O.C21H44N2O/c1-5-9-10-11-12-13-14-15-16-17-18-19-20-21-22-23-24-25-26-27-29(32)30-28(6-2)31(7-3)8-4;1-5-7-8-9-10-11-12-13-14-15-16-17-18-19-21(24)22-20(6-2)23(3)4/h28H,5-27H2,1-4H3,(H,30,32);20H,5-19H2,1-4H3,(H,22,24). The van der Waals surface area contributed by atoms with Gasteiger partial charge in [0.15, 0.2) is 0 Å². The highest BCUT2D eigenvalue weighted by atomic mass is 16.2. The third kappa shape index (κ3) is 41.0. The molecule has 0 radical (unpaired) electrons. The molecule has 0 spiro atoms. The molecular weight excluding hydrogens is 689 g/mol. The van der Waals surface area contributed by atoms with Crippen molar-refractivity contribution in [3.05, 3.63) is 0 Å². The number of rotatable bonds is 42. The highest BCUT2D eigenvalue weighted by Gasteiger charge is 2.15. The van der Waals surface area contributed by atoms with Gasteiger partial charge in [-0.3, -0.25) is 19.4 Å². The average molecular weight is 793 g/mol. The van der Waals surface area contributed by atoms with Gasteiger partial charge in [-0.1, -0.05) is 234 Å². The molecule has 56 heavy (non-hydrogen) atoms. The largest absolute Gasteiger partial charge is 0.341 e. The molecule has 6 heteroatoms. The van der Waals surface area contributed by atoms with Crippen LogP contribution in [-0.4, -0.2) is 61.1 Å². The van der Waals surface area contributed by atoms with Crippen LogP contribution in [-0.2, 0) is 9.59 Å². The van der Waals surface area contributed by atoms with Gasteiger partial charge >= 0.3 is 0 Å². The molecule has 0 fully saturated rings. The molecule has 0 heterocycles. The first-order valence-corrected chi connectivity index (χ1v) is 25.3. The number of amides is 2. The monoisotopic (exact) mass is 793 g/mol. The van der Waals surface area contributed by atoms with Crippen molar-refractivity contribution < 1.29 is 9.59 Å². The Labute approximate surface area is 353 Å². The number of nitrogens with one attached hydrogen (secondary N) is 2. The summed E-state index contributed by atoms with van der Waals surface area (Å²) in [7, 11) is 4.03. The zero-order valence-electron chi connectivity index (χ0n) is 39.7. The van der Waals surface area contributed by atoms with E-state index in [2.05, 4.69) is 62.0 Å². The molecule has 0 bridgehead atoms. The summed E-state index contributed by atoms with van der Waals surface area (Å²) < 4.78 is 0. The van der Waals surface area contributed by atoms with E-state index in [1.807, 2.05) is 14.1 Å². The third-order valence-corrected chi connectivity index (χ3v) is 11.8. The maximum atomic E-state index is 12.2. The van der Waals surface area contributed by atoms with E-state index >= 15 is 0 Å². The molecular formula is C50H104N4O2. The molecule has 2 atom stereocenters. The molecule has 336 valence electrons.